The molecule has 0 unspecified atom stereocenters. The fraction of sp³-hybridized carbons (Fsp3) is 0.417. The zero-order valence-corrected chi connectivity index (χ0v) is 17.3. The summed E-state index contributed by atoms with van der Waals surface area (Å²) in [6.07, 6.45) is 1.83. The Morgan fingerprint density at radius 1 is 1.07 bits per heavy atom. The molecular formula is C24H31N3O2. The van der Waals surface area contributed by atoms with E-state index in [9.17, 15) is 9.59 Å². The Balaban J connectivity index is 1.57. The van der Waals surface area contributed by atoms with Gasteiger partial charge in [0.2, 0.25) is 11.8 Å². The molecule has 2 aromatic carbocycles. The highest BCUT2D eigenvalue weighted by Gasteiger charge is 2.34. The van der Waals surface area contributed by atoms with E-state index in [-0.39, 0.29) is 17.9 Å². The van der Waals surface area contributed by atoms with Crippen molar-refractivity contribution >= 4 is 11.8 Å². The van der Waals surface area contributed by atoms with E-state index in [4.69, 9.17) is 0 Å². The second-order valence-electron chi connectivity index (χ2n) is 7.71. The summed E-state index contributed by atoms with van der Waals surface area (Å²) in [5.41, 5.74) is 2.32. The van der Waals surface area contributed by atoms with Crippen LogP contribution in [-0.4, -0.2) is 41.9 Å². The molecule has 1 aliphatic rings. The molecule has 0 radical (unpaired) electrons. The topological polar surface area (TPSA) is 61.4 Å². The summed E-state index contributed by atoms with van der Waals surface area (Å²) in [4.78, 5) is 27.6. The van der Waals surface area contributed by atoms with Gasteiger partial charge < -0.3 is 10.6 Å². The predicted molar refractivity (Wildman–Crippen MR) is 115 cm³/mol. The maximum atomic E-state index is 13.0. The number of benzene rings is 2. The van der Waals surface area contributed by atoms with Crippen LogP contribution in [0.4, 0.5) is 0 Å². The third-order valence-corrected chi connectivity index (χ3v) is 5.75. The zero-order valence-electron chi connectivity index (χ0n) is 17.3. The summed E-state index contributed by atoms with van der Waals surface area (Å²) < 4.78 is 0. The third-order valence-electron chi connectivity index (χ3n) is 5.75. The summed E-state index contributed by atoms with van der Waals surface area (Å²) in [6, 6.07) is 19.4. The first-order chi connectivity index (χ1) is 14.1. The largest absolute Gasteiger partial charge is 0.350 e. The smallest absolute Gasteiger partial charge is 0.242 e. The highest BCUT2D eigenvalue weighted by Crippen LogP contribution is 2.31. The van der Waals surface area contributed by atoms with Crippen molar-refractivity contribution in [2.45, 2.75) is 51.2 Å². The lowest BCUT2D eigenvalue weighted by atomic mass is 9.85. The van der Waals surface area contributed by atoms with Crippen molar-refractivity contribution in [3.63, 3.8) is 0 Å². The van der Waals surface area contributed by atoms with Gasteiger partial charge in [-0.25, -0.2) is 0 Å². The molecule has 5 nitrogen and oxygen atoms in total. The SMILES string of the molecule is CCN1CC[C@H](c2ccccc2)C[C@@H]1C(=O)N[C@@H](C)C(=O)NCc1ccccc1. The molecule has 29 heavy (non-hydrogen) atoms. The van der Waals surface area contributed by atoms with Crippen molar-refractivity contribution in [3.05, 3.63) is 71.8 Å². The molecule has 2 aromatic rings. The van der Waals surface area contributed by atoms with Crippen LogP contribution in [-0.2, 0) is 16.1 Å². The van der Waals surface area contributed by atoms with Crippen molar-refractivity contribution < 1.29 is 9.59 Å². The second-order valence-corrected chi connectivity index (χ2v) is 7.71. The molecule has 154 valence electrons. The summed E-state index contributed by atoms with van der Waals surface area (Å²) in [6.45, 7) is 6.00. The first-order valence-corrected chi connectivity index (χ1v) is 10.5. The first-order valence-electron chi connectivity index (χ1n) is 10.5. The van der Waals surface area contributed by atoms with Gasteiger partial charge in [0.05, 0.1) is 6.04 Å². The molecule has 0 aromatic heterocycles. The highest BCUT2D eigenvalue weighted by molar-refractivity contribution is 5.89. The lowest BCUT2D eigenvalue weighted by Gasteiger charge is -2.38. The van der Waals surface area contributed by atoms with Crippen LogP contribution in [0.3, 0.4) is 0 Å². The second kappa shape index (κ2) is 10.2. The number of likely N-dealkylation sites (tertiary alicyclic amines) is 1. The average molecular weight is 394 g/mol. The normalized spacial score (nSPS) is 20.6. The molecule has 1 aliphatic heterocycles. The maximum absolute atomic E-state index is 13.0. The molecule has 3 atom stereocenters. The van der Waals surface area contributed by atoms with Crippen LogP contribution in [0.15, 0.2) is 60.7 Å². The molecule has 0 bridgehead atoms. The fourth-order valence-electron chi connectivity index (χ4n) is 4.01. The van der Waals surface area contributed by atoms with Crippen molar-refractivity contribution in [1.82, 2.24) is 15.5 Å². The molecule has 5 heteroatoms. The Bertz CT molecular complexity index is 794. The molecule has 0 spiro atoms. The van der Waals surface area contributed by atoms with E-state index >= 15 is 0 Å². The summed E-state index contributed by atoms with van der Waals surface area (Å²) >= 11 is 0. The minimum Gasteiger partial charge on any atom is -0.350 e. The third kappa shape index (κ3) is 5.67. The number of carbonyl (C=O) groups excluding carboxylic acids is 2. The van der Waals surface area contributed by atoms with Gasteiger partial charge in [0, 0.05) is 6.54 Å². The molecule has 0 saturated carbocycles. The van der Waals surface area contributed by atoms with Crippen molar-refractivity contribution in [2.24, 2.45) is 0 Å². The van der Waals surface area contributed by atoms with E-state index in [1.165, 1.54) is 5.56 Å². The predicted octanol–water partition coefficient (Wildman–Crippen LogP) is 3.08. The number of amides is 2. The summed E-state index contributed by atoms with van der Waals surface area (Å²) in [5.74, 6) is 0.146. The average Bonchev–Trinajstić information content (AvgIpc) is 2.78. The van der Waals surface area contributed by atoms with Gasteiger partial charge in [-0.2, -0.15) is 0 Å². The van der Waals surface area contributed by atoms with Crippen molar-refractivity contribution in [1.29, 1.82) is 0 Å². The molecule has 1 fully saturated rings. The van der Waals surface area contributed by atoms with Crippen LogP contribution in [0, 0.1) is 0 Å². The van der Waals surface area contributed by atoms with Gasteiger partial charge in [-0.05, 0) is 49.9 Å². The van der Waals surface area contributed by atoms with Crippen LogP contribution in [0.25, 0.3) is 0 Å². The van der Waals surface area contributed by atoms with E-state index in [2.05, 4.69) is 46.7 Å². The van der Waals surface area contributed by atoms with Crippen LogP contribution >= 0.6 is 0 Å². The van der Waals surface area contributed by atoms with Gasteiger partial charge in [-0.3, -0.25) is 14.5 Å². The van der Waals surface area contributed by atoms with Crippen LogP contribution < -0.4 is 10.6 Å². The Hall–Kier alpha value is -2.66. The Kier molecular flexibility index (Phi) is 7.42. The monoisotopic (exact) mass is 393 g/mol. The first kappa shape index (κ1) is 21.1. The van der Waals surface area contributed by atoms with Gasteiger partial charge in [-0.15, -0.1) is 0 Å². The van der Waals surface area contributed by atoms with Crippen LogP contribution in [0.1, 0.15) is 43.7 Å². The van der Waals surface area contributed by atoms with Gasteiger partial charge >= 0.3 is 0 Å². The molecule has 3 rings (SSSR count). The fourth-order valence-corrected chi connectivity index (χ4v) is 4.01. The number of likely N-dealkylation sites (N-methyl/N-ethyl adjacent to an activating group) is 1. The van der Waals surface area contributed by atoms with E-state index in [1.54, 1.807) is 6.92 Å². The van der Waals surface area contributed by atoms with Gasteiger partial charge in [0.1, 0.15) is 6.04 Å². The van der Waals surface area contributed by atoms with Gasteiger partial charge in [0.25, 0.3) is 0 Å². The van der Waals surface area contributed by atoms with E-state index < -0.39 is 6.04 Å². The Morgan fingerprint density at radius 2 is 1.72 bits per heavy atom. The summed E-state index contributed by atoms with van der Waals surface area (Å²) in [7, 11) is 0. The molecule has 1 saturated heterocycles. The number of rotatable bonds is 7. The lowest BCUT2D eigenvalue weighted by Crippen LogP contribution is -2.54. The minimum atomic E-state index is -0.568. The number of nitrogens with zero attached hydrogens (tertiary/aromatic N) is 1. The quantitative estimate of drug-likeness (QED) is 0.760. The van der Waals surface area contributed by atoms with Crippen molar-refractivity contribution in [2.75, 3.05) is 13.1 Å². The molecule has 1 heterocycles. The molecular weight excluding hydrogens is 362 g/mol. The van der Waals surface area contributed by atoms with E-state index in [0.29, 0.717) is 12.5 Å². The maximum Gasteiger partial charge on any atom is 0.242 e. The standard InChI is InChI=1S/C24H31N3O2/c1-3-27-15-14-21(20-12-8-5-9-13-20)16-22(27)24(29)26-18(2)23(28)25-17-19-10-6-4-7-11-19/h4-13,18,21-22H,3,14-17H2,1-2H3,(H,25,28)(H,26,29)/t18-,21-,22+/m0/s1. The number of piperidine rings is 1. The van der Waals surface area contributed by atoms with E-state index in [0.717, 1.165) is 31.5 Å². The number of hydrogen-bond donors (Lipinski definition) is 2. The molecule has 2 N–H and O–H groups in total. The Labute approximate surface area is 173 Å². The zero-order chi connectivity index (χ0) is 20.6. The molecule has 2 amide bonds. The Morgan fingerprint density at radius 3 is 2.38 bits per heavy atom. The number of nitrogens with one attached hydrogen (secondary N) is 2. The number of carbonyl (C=O) groups is 2. The van der Waals surface area contributed by atoms with Gasteiger partial charge in [-0.1, -0.05) is 67.6 Å². The molecule has 0 aliphatic carbocycles. The number of hydrogen-bond acceptors (Lipinski definition) is 3. The van der Waals surface area contributed by atoms with Crippen LogP contribution in [0.2, 0.25) is 0 Å². The highest BCUT2D eigenvalue weighted by atomic mass is 16.2. The van der Waals surface area contributed by atoms with Crippen molar-refractivity contribution in [3.8, 4) is 0 Å². The van der Waals surface area contributed by atoms with Gasteiger partial charge in [0.15, 0.2) is 0 Å². The van der Waals surface area contributed by atoms with E-state index in [1.807, 2.05) is 36.4 Å². The lowest BCUT2D eigenvalue weighted by molar-refractivity contribution is -0.132. The minimum absolute atomic E-state index is 0.0603. The summed E-state index contributed by atoms with van der Waals surface area (Å²) in [5, 5.41) is 5.83. The van der Waals surface area contributed by atoms with Crippen LogP contribution in [0.5, 0.6) is 0 Å².